The minimum atomic E-state index is -0.637. The Hall–Kier alpha value is -1.16. The monoisotopic (exact) mass is 181 g/mol. The van der Waals surface area contributed by atoms with Gasteiger partial charge in [-0.25, -0.2) is 9.97 Å². The summed E-state index contributed by atoms with van der Waals surface area (Å²) in [6.07, 6.45) is 4.03. The van der Waals surface area contributed by atoms with E-state index in [-0.39, 0.29) is 0 Å². The first kappa shape index (κ1) is 9.92. The molecule has 1 aromatic rings. The van der Waals surface area contributed by atoms with E-state index in [1.165, 1.54) is 0 Å². The molecular weight excluding hydrogens is 166 g/mol. The molecule has 0 fully saturated rings. The molecule has 1 heterocycles. The zero-order chi connectivity index (χ0) is 9.73. The zero-order valence-electron chi connectivity index (χ0n) is 7.99. The summed E-state index contributed by atoms with van der Waals surface area (Å²) < 4.78 is 0. The van der Waals surface area contributed by atoms with Crippen LogP contribution in [0.3, 0.4) is 0 Å². The predicted octanol–water partition coefficient (Wildman–Crippen LogP) is 1.05. The van der Waals surface area contributed by atoms with Crippen molar-refractivity contribution in [3.63, 3.8) is 0 Å². The summed E-state index contributed by atoms with van der Waals surface area (Å²) in [7, 11) is 0. The normalized spacial score (nSPS) is 11.3. The lowest BCUT2D eigenvalue weighted by Crippen LogP contribution is -2.23. The number of aromatic nitrogens is 2. The van der Waals surface area contributed by atoms with Crippen LogP contribution in [0.5, 0.6) is 0 Å². The highest BCUT2D eigenvalue weighted by Crippen LogP contribution is 2.06. The first-order valence-electron chi connectivity index (χ1n) is 4.31. The number of hydrogen-bond acceptors (Lipinski definition) is 4. The van der Waals surface area contributed by atoms with Crippen molar-refractivity contribution in [3.8, 4) is 0 Å². The molecule has 0 bridgehead atoms. The Labute approximate surface area is 78.0 Å². The fourth-order valence-corrected chi connectivity index (χ4v) is 0.871. The van der Waals surface area contributed by atoms with Crippen LogP contribution >= 0.6 is 0 Å². The molecule has 1 aromatic heterocycles. The second-order valence-electron chi connectivity index (χ2n) is 3.56. The fourth-order valence-electron chi connectivity index (χ4n) is 0.871. The third-order valence-corrected chi connectivity index (χ3v) is 1.59. The van der Waals surface area contributed by atoms with Gasteiger partial charge < -0.3 is 10.4 Å². The Morgan fingerprint density at radius 1 is 1.38 bits per heavy atom. The number of rotatable bonds is 4. The second kappa shape index (κ2) is 4.18. The van der Waals surface area contributed by atoms with Crippen molar-refractivity contribution in [3.05, 3.63) is 18.5 Å². The maximum absolute atomic E-state index is 9.41. The Balaban J connectivity index is 2.29. The van der Waals surface area contributed by atoms with Crippen molar-refractivity contribution in [1.82, 2.24) is 9.97 Å². The Morgan fingerprint density at radius 2 is 2.00 bits per heavy atom. The molecule has 0 aliphatic rings. The third-order valence-electron chi connectivity index (χ3n) is 1.59. The molecule has 4 heteroatoms. The van der Waals surface area contributed by atoms with E-state index in [0.29, 0.717) is 18.9 Å². The summed E-state index contributed by atoms with van der Waals surface area (Å²) in [6.45, 7) is 4.23. The van der Waals surface area contributed by atoms with Gasteiger partial charge in [0.15, 0.2) is 0 Å². The van der Waals surface area contributed by atoms with Gasteiger partial charge in [-0.2, -0.15) is 0 Å². The van der Waals surface area contributed by atoms with Crippen LogP contribution in [-0.2, 0) is 0 Å². The van der Waals surface area contributed by atoms with Crippen LogP contribution in [0.1, 0.15) is 20.3 Å². The Bertz CT molecular complexity index is 243. The van der Waals surface area contributed by atoms with Gasteiger partial charge in [0, 0.05) is 18.9 Å². The highest BCUT2D eigenvalue weighted by Gasteiger charge is 2.11. The fraction of sp³-hybridized carbons (Fsp3) is 0.556. The van der Waals surface area contributed by atoms with Crippen LogP contribution in [0.25, 0.3) is 0 Å². The van der Waals surface area contributed by atoms with Crippen molar-refractivity contribution >= 4 is 5.95 Å². The summed E-state index contributed by atoms with van der Waals surface area (Å²) in [5, 5.41) is 12.4. The molecule has 1 rings (SSSR count). The van der Waals surface area contributed by atoms with E-state index in [9.17, 15) is 5.11 Å². The molecule has 13 heavy (non-hydrogen) atoms. The number of anilines is 1. The zero-order valence-corrected chi connectivity index (χ0v) is 7.99. The molecule has 0 aliphatic carbocycles. The van der Waals surface area contributed by atoms with Crippen LogP contribution < -0.4 is 5.32 Å². The molecule has 0 unspecified atom stereocenters. The van der Waals surface area contributed by atoms with E-state index < -0.39 is 5.60 Å². The maximum atomic E-state index is 9.41. The molecule has 72 valence electrons. The molecule has 0 aliphatic heterocycles. The number of nitrogens with one attached hydrogen (secondary N) is 1. The lowest BCUT2D eigenvalue weighted by atomic mass is 10.1. The second-order valence-corrected chi connectivity index (χ2v) is 3.56. The molecule has 0 saturated heterocycles. The smallest absolute Gasteiger partial charge is 0.222 e. The molecule has 0 atom stereocenters. The molecule has 0 spiro atoms. The summed E-state index contributed by atoms with van der Waals surface area (Å²) >= 11 is 0. The van der Waals surface area contributed by atoms with Gasteiger partial charge in [0.05, 0.1) is 5.60 Å². The minimum absolute atomic E-state index is 0.603. The van der Waals surface area contributed by atoms with Crippen LogP contribution in [0.4, 0.5) is 5.95 Å². The predicted molar refractivity (Wildman–Crippen MR) is 51.4 cm³/mol. The first-order valence-corrected chi connectivity index (χ1v) is 4.31. The lowest BCUT2D eigenvalue weighted by molar-refractivity contribution is 0.0748. The Morgan fingerprint density at radius 3 is 2.54 bits per heavy atom. The molecule has 4 nitrogen and oxygen atoms in total. The SMILES string of the molecule is CC(C)(O)CCNc1ncccn1. The van der Waals surface area contributed by atoms with E-state index in [1.54, 1.807) is 32.3 Å². The molecule has 0 radical (unpaired) electrons. The first-order chi connectivity index (χ1) is 6.08. The van der Waals surface area contributed by atoms with E-state index in [0.717, 1.165) is 0 Å². The van der Waals surface area contributed by atoms with Crippen molar-refractivity contribution in [2.75, 3.05) is 11.9 Å². The van der Waals surface area contributed by atoms with Gasteiger partial charge in [0.25, 0.3) is 0 Å². The van der Waals surface area contributed by atoms with Gasteiger partial charge in [0.1, 0.15) is 0 Å². The highest BCUT2D eigenvalue weighted by molar-refractivity contribution is 5.21. The van der Waals surface area contributed by atoms with E-state index in [1.807, 2.05) is 0 Å². The van der Waals surface area contributed by atoms with Crippen LogP contribution in [-0.4, -0.2) is 27.2 Å². The van der Waals surface area contributed by atoms with Gasteiger partial charge in [-0.3, -0.25) is 0 Å². The quantitative estimate of drug-likeness (QED) is 0.729. The molecular formula is C9H15N3O. The maximum Gasteiger partial charge on any atom is 0.222 e. The van der Waals surface area contributed by atoms with Crippen molar-refractivity contribution in [2.24, 2.45) is 0 Å². The minimum Gasteiger partial charge on any atom is -0.390 e. The number of hydrogen-bond donors (Lipinski definition) is 2. The van der Waals surface area contributed by atoms with E-state index >= 15 is 0 Å². The molecule has 0 amide bonds. The third kappa shape index (κ3) is 4.42. The van der Waals surface area contributed by atoms with Crippen LogP contribution in [0.15, 0.2) is 18.5 Å². The van der Waals surface area contributed by atoms with Crippen molar-refractivity contribution < 1.29 is 5.11 Å². The van der Waals surface area contributed by atoms with Gasteiger partial charge in [0.2, 0.25) is 5.95 Å². The summed E-state index contributed by atoms with van der Waals surface area (Å²) in [5.41, 5.74) is -0.637. The average Bonchev–Trinajstić information content (AvgIpc) is 2.04. The van der Waals surface area contributed by atoms with Gasteiger partial charge in [-0.15, -0.1) is 0 Å². The standard InChI is InChI=1S/C9H15N3O/c1-9(2,13)4-7-12-8-10-5-3-6-11-8/h3,5-6,13H,4,7H2,1-2H3,(H,10,11,12). The van der Waals surface area contributed by atoms with Crippen LogP contribution in [0, 0.1) is 0 Å². The van der Waals surface area contributed by atoms with Crippen molar-refractivity contribution in [1.29, 1.82) is 0 Å². The number of nitrogens with zero attached hydrogens (tertiary/aromatic N) is 2. The topological polar surface area (TPSA) is 58.0 Å². The molecule has 2 N–H and O–H groups in total. The largest absolute Gasteiger partial charge is 0.390 e. The van der Waals surface area contributed by atoms with Gasteiger partial charge in [-0.1, -0.05) is 0 Å². The van der Waals surface area contributed by atoms with E-state index in [4.69, 9.17) is 0 Å². The summed E-state index contributed by atoms with van der Waals surface area (Å²) in [5.74, 6) is 0.603. The van der Waals surface area contributed by atoms with Gasteiger partial charge >= 0.3 is 0 Å². The number of aliphatic hydroxyl groups is 1. The lowest BCUT2D eigenvalue weighted by Gasteiger charge is -2.16. The average molecular weight is 181 g/mol. The van der Waals surface area contributed by atoms with Crippen LogP contribution in [0.2, 0.25) is 0 Å². The Kier molecular flexibility index (Phi) is 3.19. The highest BCUT2D eigenvalue weighted by atomic mass is 16.3. The molecule has 0 aromatic carbocycles. The van der Waals surface area contributed by atoms with Crippen molar-refractivity contribution in [2.45, 2.75) is 25.9 Å². The van der Waals surface area contributed by atoms with Gasteiger partial charge in [-0.05, 0) is 26.3 Å². The van der Waals surface area contributed by atoms with E-state index in [2.05, 4.69) is 15.3 Å². The summed E-state index contributed by atoms with van der Waals surface area (Å²) in [4.78, 5) is 7.99. The summed E-state index contributed by atoms with van der Waals surface area (Å²) in [6, 6.07) is 1.77. The molecule has 0 saturated carbocycles.